The molecule has 1 nitrogen and oxygen atoms in total. The van der Waals surface area contributed by atoms with E-state index >= 15 is 0 Å². The van der Waals surface area contributed by atoms with Gasteiger partial charge >= 0.3 is 0 Å². The van der Waals surface area contributed by atoms with Gasteiger partial charge in [-0.25, -0.2) is 0 Å². The minimum atomic E-state index is 0.284. The van der Waals surface area contributed by atoms with Crippen LogP contribution >= 0.6 is 0 Å². The summed E-state index contributed by atoms with van der Waals surface area (Å²) in [6, 6.07) is 0. The molecule has 0 aromatic rings. The quantitative estimate of drug-likeness (QED) is 0.711. The second kappa shape index (κ2) is 2.98. The SMILES string of the molecule is CC1(C)CCC(CCC2(N)CC2)C1. The molecule has 0 aromatic heterocycles. The molecule has 0 amide bonds. The first-order chi connectivity index (χ1) is 5.99. The van der Waals surface area contributed by atoms with Gasteiger partial charge < -0.3 is 5.73 Å². The molecule has 13 heavy (non-hydrogen) atoms. The Morgan fingerprint density at radius 2 is 1.92 bits per heavy atom. The number of hydrogen-bond donors (Lipinski definition) is 1. The molecule has 2 rings (SSSR count). The Kier molecular flexibility index (Phi) is 2.18. The molecule has 2 fully saturated rings. The van der Waals surface area contributed by atoms with E-state index in [2.05, 4.69) is 13.8 Å². The molecule has 1 atom stereocenters. The van der Waals surface area contributed by atoms with Crippen molar-refractivity contribution in [2.45, 2.75) is 64.3 Å². The summed E-state index contributed by atoms with van der Waals surface area (Å²) < 4.78 is 0. The maximum atomic E-state index is 6.09. The number of nitrogens with two attached hydrogens (primary N) is 1. The summed E-state index contributed by atoms with van der Waals surface area (Å²) in [6.45, 7) is 4.81. The van der Waals surface area contributed by atoms with Crippen LogP contribution in [0.1, 0.15) is 58.8 Å². The Labute approximate surface area is 82.1 Å². The fraction of sp³-hybridized carbons (Fsp3) is 1.00. The zero-order valence-electron chi connectivity index (χ0n) is 9.10. The second-order valence-corrected chi connectivity index (χ2v) is 6.17. The van der Waals surface area contributed by atoms with E-state index in [1.807, 2.05) is 0 Å². The lowest BCUT2D eigenvalue weighted by Crippen LogP contribution is -2.22. The Morgan fingerprint density at radius 3 is 2.38 bits per heavy atom. The second-order valence-electron chi connectivity index (χ2n) is 6.17. The van der Waals surface area contributed by atoms with Gasteiger partial charge in [-0.3, -0.25) is 0 Å². The lowest BCUT2D eigenvalue weighted by atomic mass is 9.89. The zero-order valence-corrected chi connectivity index (χ0v) is 9.10. The average Bonchev–Trinajstić information content (AvgIpc) is 2.65. The van der Waals surface area contributed by atoms with Crippen LogP contribution in [-0.4, -0.2) is 5.54 Å². The predicted octanol–water partition coefficient (Wildman–Crippen LogP) is 3.08. The third kappa shape index (κ3) is 2.46. The van der Waals surface area contributed by atoms with Gasteiger partial charge in [-0.15, -0.1) is 0 Å². The highest BCUT2D eigenvalue weighted by Gasteiger charge is 2.39. The first kappa shape index (κ1) is 9.51. The molecule has 2 saturated carbocycles. The van der Waals surface area contributed by atoms with E-state index in [4.69, 9.17) is 5.73 Å². The highest BCUT2D eigenvalue weighted by molar-refractivity contribution is 4.99. The lowest BCUT2D eigenvalue weighted by Gasteiger charge is -2.18. The lowest BCUT2D eigenvalue weighted by molar-refractivity contribution is 0.345. The van der Waals surface area contributed by atoms with Gasteiger partial charge in [-0.1, -0.05) is 13.8 Å². The molecule has 0 saturated heterocycles. The van der Waals surface area contributed by atoms with E-state index in [1.165, 1.54) is 44.9 Å². The van der Waals surface area contributed by atoms with E-state index in [1.54, 1.807) is 0 Å². The van der Waals surface area contributed by atoms with Crippen molar-refractivity contribution in [2.75, 3.05) is 0 Å². The molecule has 0 spiro atoms. The summed E-state index contributed by atoms with van der Waals surface area (Å²) in [7, 11) is 0. The van der Waals surface area contributed by atoms with Gasteiger partial charge in [0.1, 0.15) is 0 Å². The van der Waals surface area contributed by atoms with Crippen molar-refractivity contribution < 1.29 is 0 Å². The molecule has 0 radical (unpaired) electrons. The molecule has 2 aliphatic carbocycles. The standard InChI is InChI=1S/C12H23N/c1-11(2)5-3-10(9-11)4-6-12(13)7-8-12/h10H,3-9,13H2,1-2H3. The fourth-order valence-electron chi connectivity index (χ4n) is 2.73. The van der Waals surface area contributed by atoms with E-state index in [0.717, 1.165) is 5.92 Å². The Balaban J connectivity index is 1.72. The van der Waals surface area contributed by atoms with Crippen molar-refractivity contribution in [3.8, 4) is 0 Å². The minimum absolute atomic E-state index is 0.284. The van der Waals surface area contributed by atoms with Gasteiger partial charge in [0, 0.05) is 5.54 Å². The van der Waals surface area contributed by atoms with Crippen molar-refractivity contribution in [2.24, 2.45) is 17.1 Å². The maximum Gasteiger partial charge on any atom is 0.0155 e. The summed E-state index contributed by atoms with van der Waals surface area (Å²) in [5.74, 6) is 0.982. The van der Waals surface area contributed by atoms with Crippen LogP contribution in [0, 0.1) is 11.3 Å². The normalized spacial score (nSPS) is 34.8. The number of rotatable bonds is 3. The summed E-state index contributed by atoms with van der Waals surface area (Å²) in [6.07, 6.45) is 9.54. The van der Waals surface area contributed by atoms with E-state index in [0.29, 0.717) is 5.41 Å². The first-order valence-electron chi connectivity index (χ1n) is 5.78. The molecule has 0 aromatic carbocycles. The Bertz CT molecular complexity index is 191. The largest absolute Gasteiger partial charge is 0.325 e. The van der Waals surface area contributed by atoms with E-state index in [-0.39, 0.29) is 5.54 Å². The molecule has 2 aliphatic rings. The van der Waals surface area contributed by atoms with Crippen LogP contribution in [-0.2, 0) is 0 Å². The van der Waals surface area contributed by atoms with E-state index < -0.39 is 0 Å². The monoisotopic (exact) mass is 181 g/mol. The van der Waals surface area contributed by atoms with Crippen LogP contribution < -0.4 is 5.73 Å². The molecule has 1 heteroatoms. The molecule has 76 valence electrons. The van der Waals surface area contributed by atoms with Crippen molar-refractivity contribution >= 4 is 0 Å². The van der Waals surface area contributed by atoms with Crippen LogP contribution in [0.3, 0.4) is 0 Å². The van der Waals surface area contributed by atoms with E-state index in [9.17, 15) is 0 Å². The van der Waals surface area contributed by atoms with Crippen LogP contribution in [0.4, 0.5) is 0 Å². The maximum absolute atomic E-state index is 6.09. The minimum Gasteiger partial charge on any atom is -0.325 e. The summed E-state index contributed by atoms with van der Waals surface area (Å²) in [4.78, 5) is 0. The number of hydrogen-bond acceptors (Lipinski definition) is 1. The van der Waals surface area contributed by atoms with Gasteiger partial charge in [0.2, 0.25) is 0 Å². The summed E-state index contributed by atoms with van der Waals surface area (Å²) in [5.41, 5.74) is 7.00. The van der Waals surface area contributed by atoms with Gasteiger partial charge in [0.05, 0.1) is 0 Å². The zero-order chi connectivity index (χ0) is 9.53. The average molecular weight is 181 g/mol. The van der Waals surface area contributed by atoms with Gasteiger partial charge in [-0.05, 0) is 56.3 Å². The third-order valence-electron chi connectivity index (χ3n) is 4.01. The topological polar surface area (TPSA) is 26.0 Å². The van der Waals surface area contributed by atoms with Crippen molar-refractivity contribution in [3.05, 3.63) is 0 Å². The molecular formula is C12H23N. The highest BCUT2D eigenvalue weighted by atomic mass is 14.8. The van der Waals surface area contributed by atoms with Crippen LogP contribution in [0.5, 0.6) is 0 Å². The highest BCUT2D eigenvalue weighted by Crippen LogP contribution is 2.45. The third-order valence-corrected chi connectivity index (χ3v) is 4.01. The van der Waals surface area contributed by atoms with Crippen molar-refractivity contribution in [1.29, 1.82) is 0 Å². The molecule has 1 unspecified atom stereocenters. The summed E-state index contributed by atoms with van der Waals surface area (Å²) in [5, 5.41) is 0. The van der Waals surface area contributed by atoms with Gasteiger partial charge in [-0.2, -0.15) is 0 Å². The van der Waals surface area contributed by atoms with Crippen LogP contribution in [0.25, 0.3) is 0 Å². The first-order valence-corrected chi connectivity index (χ1v) is 5.78. The van der Waals surface area contributed by atoms with Crippen LogP contribution in [0.15, 0.2) is 0 Å². The van der Waals surface area contributed by atoms with Gasteiger partial charge in [0.15, 0.2) is 0 Å². The molecule has 0 heterocycles. The van der Waals surface area contributed by atoms with Crippen molar-refractivity contribution in [3.63, 3.8) is 0 Å². The predicted molar refractivity (Wildman–Crippen MR) is 56.5 cm³/mol. The fourth-order valence-corrected chi connectivity index (χ4v) is 2.73. The molecule has 0 aliphatic heterocycles. The molecule has 2 N–H and O–H groups in total. The van der Waals surface area contributed by atoms with Crippen LogP contribution in [0.2, 0.25) is 0 Å². The Morgan fingerprint density at radius 1 is 1.23 bits per heavy atom. The van der Waals surface area contributed by atoms with Crippen molar-refractivity contribution in [1.82, 2.24) is 0 Å². The molecule has 0 bridgehead atoms. The Hall–Kier alpha value is -0.0400. The van der Waals surface area contributed by atoms with Gasteiger partial charge in [0.25, 0.3) is 0 Å². The molecular weight excluding hydrogens is 158 g/mol. The summed E-state index contributed by atoms with van der Waals surface area (Å²) >= 11 is 0. The smallest absolute Gasteiger partial charge is 0.0155 e.